The van der Waals surface area contributed by atoms with Crippen molar-refractivity contribution in [2.75, 3.05) is 27.3 Å². The zero-order chi connectivity index (χ0) is 14.6. The molecule has 0 saturated carbocycles. The maximum absolute atomic E-state index is 12.1. The molecule has 9 heteroatoms. The van der Waals surface area contributed by atoms with E-state index >= 15 is 0 Å². The van der Waals surface area contributed by atoms with E-state index < -0.39 is 26.4 Å². The van der Waals surface area contributed by atoms with E-state index in [4.69, 9.17) is 4.74 Å². The first-order valence-electron chi connectivity index (χ1n) is 5.23. The minimum atomic E-state index is -3.85. The van der Waals surface area contributed by atoms with E-state index in [9.17, 15) is 23.6 Å². The highest BCUT2D eigenvalue weighted by atomic mass is 32.2. The van der Waals surface area contributed by atoms with Crippen LogP contribution < -0.4 is 0 Å². The lowest BCUT2D eigenvalue weighted by molar-refractivity contribution is -0.386. The van der Waals surface area contributed by atoms with Gasteiger partial charge in [-0.05, 0) is 12.1 Å². The standard InChI is InChI=1S/C10H14N2O6S/c1-11(5-6-18-2)19(16,17)8-3-4-10(13)9(7-8)12(14)15/h3-4,7,13H,5-6H2,1-2H3. The third kappa shape index (κ3) is 3.40. The SMILES string of the molecule is COCCN(C)S(=O)(=O)c1ccc(O)c([N+](=O)[O-])c1. The van der Waals surface area contributed by atoms with Crippen LogP contribution in [0.1, 0.15) is 0 Å². The van der Waals surface area contributed by atoms with Crippen LogP contribution in [0.25, 0.3) is 0 Å². The number of nitro groups is 1. The molecule has 0 aromatic heterocycles. The third-order valence-electron chi connectivity index (χ3n) is 2.46. The Morgan fingerprint density at radius 3 is 2.63 bits per heavy atom. The molecule has 1 aromatic carbocycles. The number of phenolic OH excluding ortho intramolecular Hbond substituents is 1. The Labute approximate surface area is 110 Å². The van der Waals surface area contributed by atoms with Crippen LogP contribution in [0, 0.1) is 10.1 Å². The number of aromatic hydroxyl groups is 1. The number of methoxy groups -OCH3 is 1. The summed E-state index contributed by atoms with van der Waals surface area (Å²) in [6, 6.07) is 2.92. The summed E-state index contributed by atoms with van der Waals surface area (Å²) in [6.07, 6.45) is 0. The molecule has 0 heterocycles. The average Bonchev–Trinajstić information content (AvgIpc) is 2.35. The zero-order valence-electron chi connectivity index (χ0n) is 10.4. The van der Waals surface area contributed by atoms with E-state index in [1.54, 1.807) is 0 Å². The molecule has 0 saturated heterocycles. The van der Waals surface area contributed by atoms with Gasteiger partial charge in [0.15, 0.2) is 5.75 Å². The fourth-order valence-corrected chi connectivity index (χ4v) is 2.51. The van der Waals surface area contributed by atoms with Crippen molar-refractivity contribution in [3.63, 3.8) is 0 Å². The molecule has 0 aliphatic carbocycles. The number of nitro benzene ring substituents is 1. The first-order chi connectivity index (χ1) is 8.80. The number of rotatable bonds is 6. The molecule has 1 rings (SSSR count). The van der Waals surface area contributed by atoms with E-state index in [0.29, 0.717) is 0 Å². The Balaban J connectivity index is 3.15. The summed E-state index contributed by atoms with van der Waals surface area (Å²) in [5.41, 5.74) is -0.652. The molecule has 0 radical (unpaired) electrons. The Morgan fingerprint density at radius 1 is 1.47 bits per heavy atom. The van der Waals surface area contributed by atoms with E-state index in [1.807, 2.05) is 0 Å². The molecular weight excluding hydrogens is 276 g/mol. The van der Waals surface area contributed by atoms with Gasteiger partial charge < -0.3 is 9.84 Å². The highest BCUT2D eigenvalue weighted by Crippen LogP contribution is 2.29. The molecule has 19 heavy (non-hydrogen) atoms. The summed E-state index contributed by atoms with van der Waals surface area (Å²) in [5.74, 6) is -0.580. The molecule has 0 aliphatic heterocycles. The number of benzene rings is 1. The van der Waals surface area contributed by atoms with Gasteiger partial charge in [0.25, 0.3) is 0 Å². The number of nitrogens with zero attached hydrogens (tertiary/aromatic N) is 2. The van der Waals surface area contributed by atoms with Crippen molar-refractivity contribution >= 4 is 15.7 Å². The topological polar surface area (TPSA) is 110 Å². The van der Waals surface area contributed by atoms with Gasteiger partial charge in [-0.3, -0.25) is 10.1 Å². The lowest BCUT2D eigenvalue weighted by atomic mass is 10.3. The highest BCUT2D eigenvalue weighted by Gasteiger charge is 2.24. The number of sulfonamides is 1. The van der Waals surface area contributed by atoms with Gasteiger partial charge in [-0.1, -0.05) is 0 Å². The van der Waals surface area contributed by atoms with Crippen LogP contribution in [0.2, 0.25) is 0 Å². The maximum Gasteiger partial charge on any atom is 0.312 e. The summed E-state index contributed by atoms with van der Waals surface area (Å²) in [4.78, 5) is 9.56. The number of hydrogen-bond donors (Lipinski definition) is 1. The number of phenols is 1. The van der Waals surface area contributed by atoms with E-state index in [2.05, 4.69) is 0 Å². The van der Waals surface area contributed by atoms with Crippen LogP contribution in [-0.4, -0.2) is 50.1 Å². The first kappa shape index (κ1) is 15.3. The molecule has 1 N–H and O–H groups in total. The first-order valence-corrected chi connectivity index (χ1v) is 6.67. The Morgan fingerprint density at radius 2 is 2.11 bits per heavy atom. The van der Waals surface area contributed by atoms with Crippen LogP contribution in [-0.2, 0) is 14.8 Å². The summed E-state index contributed by atoms with van der Waals surface area (Å²) in [5, 5.41) is 19.9. The average molecular weight is 290 g/mol. The van der Waals surface area contributed by atoms with Crippen molar-refractivity contribution in [2.45, 2.75) is 4.90 Å². The van der Waals surface area contributed by atoms with Crippen LogP contribution in [0.5, 0.6) is 5.75 Å². The molecule has 1 aromatic rings. The monoisotopic (exact) mass is 290 g/mol. The largest absolute Gasteiger partial charge is 0.502 e. The maximum atomic E-state index is 12.1. The van der Waals surface area contributed by atoms with Crippen LogP contribution in [0.4, 0.5) is 5.69 Å². The second kappa shape index (κ2) is 5.95. The summed E-state index contributed by atoms with van der Waals surface area (Å²) in [6.45, 7) is 0.323. The van der Waals surface area contributed by atoms with Crippen molar-refractivity contribution < 1.29 is 23.2 Å². The lowest BCUT2D eigenvalue weighted by Crippen LogP contribution is -2.30. The van der Waals surface area contributed by atoms with Crippen LogP contribution >= 0.6 is 0 Å². The van der Waals surface area contributed by atoms with Gasteiger partial charge in [0, 0.05) is 26.8 Å². The van der Waals surface area contributed by atoms with Crippen molar-refractivity contribution in [1.82, 2.24) is 4.31 Å². The minimum absolute atomic E-state index is 0.119. The van der Waals surface area contributed by atoms with Gasteiger partial charge in [-0.2, -0.15) is 4.31 Å². The fourth-order valence-electron chi connectivity index (χ4n) is 1.33. The van der Waals surface area contributed by atoms with Gasteiger partial charge in [-0.25, -0.2) is 8.42 Å². The number of likely N-dealkylation sites (N-methyl/N-ethyl adjacent to an activating group) is 1. The molecule has 0 spiro atoms. The Kier molecular flexibility index (Phi) is 4.81. The van der Waals surface area contributed by atoms with Gasteiger partial charge in [0.05, 0.1) is 16.4 Å². The fraction of sp³-hybridized carbons (Fsp3) is 0.400. The van der Waals surface area contributed by atoms with E-state index in [-0.39, 0.29) is 18.0 Å². The molecule has 0 bridgehead atoms. The van der Waals surface area contributed by atoms with Crippen molar-refractivity contribution in [3.05, 3.63) is 28.3 Å². The van der Waals surface area contributed by atoms with Crippen molar-refractivity contribution in [3.8, 4) is 5.75 Å². The van der Waals surface area contributed by atoms with Crippen molar-refractivity contribution in [2.24, 2.45) is 0 Å². The summed E-state index contributed by atoms with van der Waals surface area (Å²) >= 11 is 0. The third-order valence-corrected chi connectivity index (χ3v) is 4.31. The predicted molar refractivity (Wildman–Crippen MR) is 66.5 cm³/mol. The van der Waals surface area contributed by atoms with Crippen LogP contribution in [0.15, 0.2) is 23.1 Å². The second-order valence-electron chi connectivity index (χ2n) is 3.73. The molecule has 8 nitrogen and oxygen atoms in total. The summed E-state index contributed by atoms with van der Waals surface area (Å²) in [7, 11) is -1.07. The minimum Gasteiger partial charge on any atom is -0.502 e. The van der Waals surface area contributed by atoms with E-state index in [1.165, 1.54) is 14.2 Å². The molecule has 0 unspecified atom stereocenters. The van der Waals surface area contributed by atoms with Gasteiger partial charge in [0.1, 0.15) is 0 Å². The van der Waals surface area contributed by atoms with Gasteiger partial charge in [-0.15, -0.1) is 0 Å². The summed E-state index contributed by atoms with van der Waals surface area (Å²) < 4.78 is 30.0. The second-order valence-corrected chi connectivity index (χ2v) is 5.77. The van der Waals surface area contributed by atoms with Gasteiger partial charge >= 0.3 is 5.69 Å². The van der Waals surface area contributed by atoms with Gasteiger partial charge in [0.2, 0.25) is 10.0 Å². The highest BCUT2D eigenvalue weighted by molar-refractivity contribution is 7.89. The molecule has 0 atom stereocenters. The molecule has 0 amide bonds. The quantitative estimate of drug-likeness (QED) is 0.605. The lowest BCUT2D eigenvalue weighted by Gasteiger charge is -2.16. The zero-order valence-corrected chi connectivity index (χ0v) is 11.3. The molecular formula is C10H14N2O6S. The number of hydrogen-bond acceptors (Lipinski definition) is 6. The Hall–Kier alpha value is -1.71. The van der Waals surface area contributed by atoms with Crippen LogP contribution in [0.3, 0.4) is 0 Å². The molecule has 106 valence electrons. The normalized spacial score (nSPS) is 11.7. The van der Waals surface area contributed by atoms with E-state index in [0.717, 1.165) is 22.5 Å². The number of ether oxygens (including phenoxy) is 1. The smallest absolute Gasteiger partial charge is 0.312 e. The molecule has 0 aliphatic rings. The molecule has 0 fully saturated rings. The Bertz CT molecular complexity index is 571. The van der Waals surface area contributed by atoms with Crippen molar-refractivity contribution in [1.29, 1.82) is 0 Å². The predicted octanol–water partition coefficient (Wildman–Crippen LogP) is 0.567.